The van der Waals surface area contributed by atoms with Crippen LogP contribution >= 0.6 is 39.1 Å². The molecule has 0 N–H and O–H groups in total. The molecule has 0 fully saturated rings. The molecular weight excluding hydrogens is 261 g/mol. The van der Waals surface area contributed by atoms with Crippen molar-refractivity contribution in [2.75, 3.05) is 0 Å². The predicted molar refractivity (Wildman–Crippen MR) is 53.5 cm³/mol. The molecule has 0 saturated carbocycles. The lowest BCUT2D eigenvalue weighted by Crippen LogP contribution is -1.98. The summed E-state index contributed by atoms with van der Waals surface area (Å²) >= 11 is 14.6. The topological polar surface area (TPSA) is 23.8 Å². The SMILES string of the molecule is N#Cc1ccc(C(Cl)(Cl)Br)cc1. The Kier molecular flexibility index (Phi) is 3.00. The van der Waals surface area contributed by atoms with Crippen LogP contribution in [0.5, 0.6) is 0 Å². The number of nitrogens with zero attached hydrogens (tertiary/aromatic N) is 1. The number of halogens is 3. The van der Waals surface area contributed by atoms with E-state index in [-0.39, 0.29) is 0 Å². The first kappa shape index (κ1) is 9.85. The summed E-state index contributed by atoms with van der Waals surface area (Å²) in [5, 5.41) is 8.50. The van der Waals surface area contributed by atoms with Crippen molar-refractivity contribution < 1.29 is 0 Å². The van der Waals surface area contributed by atoms with Gasteiger partial charge in [-0.15, -0.1) is 0 Å². The van der Waals surface area contributed by atoms with E-state index in [1.165, 1.54) is 0 Å². The molecular formula is C8H4BrCl2N. The van der Waals surface area contributed by atoms with Crippen molar-refractivity contribution in [3.8, 4) is 6.07 Å². The van der Waals surface area contributed by atoms with Crippen LogP contribution in [0.2, 0.25) is 0 Å². The van der Waals surface area contributed by atoms with Gasteiger partial charge >= 0.3 is 0 Å². The molecule has 0 radical (unpaired) electrons. The molecule has 0 atom stereocenters. The van der Waals surface area contributed by atoms with E-state index in [1.54, 1.807) is 24.3 Å². The summed E-state index contributed by atoms with van der Waals surface area (Å²) in [6, 6.07) is 8.73. The van der Waals surface area contributed by atoms with E-state index < -0.39 is 3.24 Å². The van der Waals surface area contributed by atoms with Crippen molar-refractivity contribution in [3.63, 3.8) is 0 Å². The molecule has 1 rings (SSSR count). The monoisotopic (exact) mass is 263 g/mol. The van der Waals surface area contributed by atoms with E-state index >= 15 is 0 Å². The Morgan fingerprint density at radius 1 is 1.25 bits per heavy atom. The average molecular weight is 265 g/mol. The average Bonchev–Trinajstić information content (AvgIpc) is 2.03. The van der Waals surface area contributed by atoms with Gasteiger partial charge in [0.15, 0.2) is 3.24 Å². The zero-order valence-electron chi connectivity index (χ0n) is 5.89. The van der Waals surface area contributed by atoms with Gasteiger partial charge in [0.25, 0.3) is 0 Å². The van der Waals surface area contributed by atoms with Gasteiger partial charge in [0, 0.05) is 0 Å². The Morgan fingerprint density at radius 3 is 2.08 bits per heavy atom. The Hall–Kier alpha value is -0.230. The molecule has 1 aromatic carbocycles. The summed E-state index contributed by atoms with van der Waals surface area (Å²) in [5.41, 5.74) is 1.30. The fourth-order valence-corrected chi connectivity index (χ4v) is 1.25. The highest BCUT2D eigenvalue weighted by Gasteiger charge is 2.21. The van der Waals surface area contributed by atoms with Gasteiger partial charge in [0.1, 0.15) is 0 Å². The van der Waals surface area contributed by atoms with Gasteiger partial charge in [0.05, 0.1) is 11.6 Å². The van der Waals surface area contributed by atoms with E-state index in [0.717, 1.165) is 0 Å². The van der Waals surface area contributed by atoms with Crippen LogP contribution in [0.4, 0.5) is 0 Å². The minimum Gasteiger partial charge on any atom is -0.192 e. The molecule has 1 aromatic rings. The number of alkyl halides is 3. The second-order valence-corrected chi connectivity index (χ2v) is 5.62. The van der Waals surface area contributed by atoms with Crippen LogP contribution < -0.4 is 0 Å². The highest BCUT2D eigenvalue weighted by molar-refractivity contribution is 9.10. The van der Waals surface area contributed by atoms with E-state index in [9.17, 15) is 0 Å². The molecule has 1 nitrogen and oxygen atoms in total. The van der Waals surface area contributed by atoms with Crippen molar-refractivity contribution in [2.45, 2.75) is 3.24 Å². The Labute approximate surface area is 89.0 Å². The number of hydrogen-bond acceptors (Lipinski definition) is 1. The summed E-state index contributed by atoms with van der Waals surface area (Å²) in [7, 11) is 0. The minimum absolute atomic E-state index is 0.587. The van der Waals surface area contributed by atoms with Crippen LogP contribution in [0.3, 0.4) is 0 Å². The lowest BCUT2D eigenvalue weighted by molar-refractivity contribution is 1.28. The highest BCUT2D eigenvalue weighted by Crippen LogP contribution is 2.39. The van der Waals surface area contributed by atoms with Gasteiger partial charge < -0.3 is 0 Å². The van der Waals surface area contributed by atoms with Crippen molar-refractivity contribution in [1.82, 2.24) is 0 Å². The van der Waals surface area contributed by atoms with Crippen molar-refractivity contribution >= 4 is 39.1 Å². The van der Waals surface area contributed by atoms with Crippen molar-refractivity contribution in [2.24, 2.45) is 0 Å². The molecule has 0 bridgehead atoms. The van der Waals surface area contributed by atoms with Gasteiger partial charge in [-0.1, -0.05) is 35.3 Å². The third-order valence-electron chi connectivity index (χ3n) is 1.34. The molecule has 0 aliphatic carbocycles. The maximum atomic E-state index is 8.50. The molecule has 0 aliphatic rings. The first-order chi connectivity index (χ1) is 5.54. The summed E-state index contributed by atoms with van der Waals surface area (Å²) < 4.78 is -1.07. The Bertz CT molecular complexity index is 307. The zero-order valence-corrected chi connectivity index (χ0v) is 8.99. The van der Waals surface area contributed by atoms with Gasteiger partial charge in [-0.3, -0.25) is 0 Å². The van der Waals surface area contributed by atoms with Gasteiger partial charge in [-0.2, -0.15) is 5.26 Å². The molecule has 0 aromatic heterocycles. The molecule has 0 saturated heterocycles. The lowest BCUT2D eigenvalue weighted by Gasteiger charge is -2.10. The first-order valence-corrected chi connectivity index (χ1v) is 4.66. The fraction of sp³-hybridized carbons (Fsp3) is 0.125. The maximum absolute atomic E-state index is 8.50. The standard InChI is InChI=1S/C8H4BrCl2N/c9-8(10,11)7-3-1-6(5-12)2-4-7/h1-4H. The maximum Gasteiger partial charge on any atom is 0.197 e. The van der Waals surface area contributed by atoms with Crippen LogP contribution in [-0.2, 0) is 3.24 Å². The van der Waals surface area contributed by atoms with Crippen LogP contribution in [-0.4, -0.2) is 0 Å². The molecule has 4 heteroatoms. The van der Waals surface area contributed by atoms with Crippen LogP contribution in [0.1, 0.15) is 11.1 Å². The lowest BCUT2D eigenvalue weighted by atomic mass is 10.2. The van der Waals surface area contributed by atoms with E-state index in [4.69, 9.17) is 28.5 Å². The summed E-state index contributed by atoms with van der Waals surface area (Å²) in [4.78, 5) is 0. The summed E-state index contributed by atoms with van der Waals surface area (Å²) in [5.74, 6) is 0. The molecule has 0 spiro atoms. The van der Waals surface area contributed by atoms with E-state index in [1.807, 2.05) is 6.07 Å². The highest BCUT2D eigenvalue weighted by atomic mass is 79.9. The first-order valence-electron chi connectivity index (χ1n) is 3.11. The smallest absolute Gasteiger partial charge is 0.192 e. The van der Waals surface area contributed by atoms with Crippen molar-refractivity contribution in [1.29, 1.82) is 5.26 Å². The number of benzene rings is 1. The van der Waals surface area contributed by atoms with Gasteiger partial charge in [0.2, 0.25) is 0 Å². The molecule has 0 heterocycles. The molecule has 62 valence electrons. The molecule has 0 amide bonds. The quantitative estimate of drug-likeness (QED) is 0.712. The molecule has 0 aliphatic heterocycles. The predicted octanol–water partition coefficient (Wildman–Crippen LogP) is 3.54. The van der Waals surface area contributed by atoms with E-state index in [0.29, 0.717) is 11.1 Å². The van der Waals surface area contributed by atoms with Crippen LogP contribution in [0.15, 0.2) is 24.3 Å². The van der Waals surface area contributed by atoms with Crippen molar-refractivity contribution in [3.05, 3.63) is 35.4 Å². The second kappa shape index (κ2) is 3.66. The zero-order chi connectivity index (χ0) is 9.19. The number of hydrogen-bond donors (Lipinski definition) is 0. The number of rotatable bonds is 1. The summed E-state index contributed by atoms with van der Waals surface area (Å²) in [6.07, 6.45) is 0. The number of nitriles is 1. The second-order valence-electron chi connectivity index (χ2n) is 2.19. The third kappa shape index (κ3) is 2.38. The van der Waals surface area contributed by atoms with Gasteiger partial charge in [-0.05, 0) is 33.6 Å². The molecule has 12 heavy (non-hydrogen) atoms. The Balaban J connectivity index is 3.02. The fourth-order valence-electron chi connectivity index (χ4n) is 0.734. The van der Waals surface area contributed by atoms with E-state index in [2.05, 4.69) is 15.9 Å². The Morgan fingerprint density at radius 2 is 1.75 bits per heavy atom. The van der Waals surface area contributed by atoms with Gasteiger partial charge in [-0.25, -0.2) is 0 Å². The summed E-state index contributed by atoms with van der Waals surface area (Å²) in [6.45, 7) is 0. The minimum atomic E-state index is -1.07. The van der Waals surface area contributed by atoms with Crippen LogP contribution in [0.25, 0.3) is 0 Å². The molecule has 0 unspecified atom stereocenters. The normalized spacial score (nSPS) is 10.8. The van der Waals surface area contributed by atoms with Crippen LogP contribution in [0, 0.1) is 11.3 Å². The third-order valence-corrected chi connectivity index (χ3v) is 2.24. The largest absolute Gasteiger partial charge is 0.197 e.